The highest BCUT2D eigenvalue weighted by Gasteiger charge is 2.13. The van der Waals surface area contributed by atoms with Crippen LogP contribution >= 0.6 is 0 Å². The van der Waals surface area contributed by atoms with Gasteiger partial charge in [-0.3, -0.25) is 0 Å². The van der Waals surface area contributed by atoms with Gasteiger partial charge in [0.15, 0.2) is 0 Å². The monoisotopic (exact) mass is 161 g/mol. The SMILES string of the molecule is NCC1=Cc2cccc(O)c2C1. The Balaban J connectivity index is 2.45. The van der Waals surface area contributed by atoms with Crippen LogP contribution in [0.2, 0.25) is 0 Å². The minimum Gasteiger partial charge on any atom is -0.508 e. The topological polar surface area (TPSA) is 46.2 Å². The third-order valence-corrected chi connectivity index (χ3v) is 2.21. The highest BCUT2D eigenvalue weighted by Crippen LogP contribution is 2.30. The molecule has 1 aliphatic rings. The number of phenolic OH excluding ortho intramolecular Hbond substituents is 1. The van der Waals surface area contributed by atoms with Crippen LogP contribution in [-0.4, -0.2) is 11.7 Å². The van der Waals surface area contributed by atoms with E-state index in [-0.39, 0.29) is 0 Å². The lowest BCUT2D eigenvalue weighted by atomic mass is 10.1. The fraction of sp³-hybridized carbons (Fsp3) is 0.200. The number of benzene rings is 1. The second-order valence-electron chi connectivity index (χ2n) is 3.03. The van der Waals surface area contributed by atoms with Crippen molar-refractivity contribution >= 4 is 6.08 Å². The van der Waals surface area contributed by atoms with Crippen molar-refractivity contribution in [1.82, 2.24) is 0 Å². The fourth-order valence-electron chi connectivity index (χ4n) is 1.55. The average Bonchev–Trinajstić information content (AvgIpc) is 2.49. The van der Waals surface area contributed by atoms with Gasteiger partial charge in [-0.25, -0.2) is 0 Å². The number of fused-ring (bicyclic) bond motifs is 1. The summed E-state index contributed by atoms with van der Waals surface area (Å²) < 4.78 is 0. The average molecular weight is 161 g/mol. The van der Waals surface area contributed by atoms with Gasteiger partial charge in [0.05, 0.1) is 0 Å². The summed E-state index contributed by atoms with van der Waals surface area (Å²) in [7, 11) is 0. The zero-order valence-corrected chi connectivity index (χ0v) is 6.75. The molecule has 2 nitrogen and oxygen atoms in total. The lowest BCUT2D eigenvalue weighted by Crippen LogP contribution is -2.02. The first kappa shape index (κ1) is 7.37. The molecule has 0 heterocycles. The van der Waals surface area contributed by atoms with Gasteiger partial charge in [0.25, 0.3) is 0 Å². The molecular weight excluding hydrogens is 150 g/mol. The number of nitrogens with two attached hydrogens (primary N) is 1. The molecular formula is C10H11NO. The maximum Gasteiger partial charge on any atom is 0.119 e. The Hall–Kier alpha value is -1.28. The van der Waals surface area contributed by atoms with Gasteiger partial charge in [-0.05, 0) is 18.1 Å². The standard InChI is InChI=1S/C10H11NO/c11-6-7-4-8-2-1-3-10(12)9(8)5-7/h1-4,12H,5-6,11H2. The van der Waals surface area contributed by atoms with Crippen molar-refractivity contribution in [2.45, 2.75) is 6.42 Å². The zero-order chi connectivity index (χ0) is 8.55. The molecule has 3 N–H and O–H groups in total. The number of rotatable bonds is 1. The van der Waals surface area contributed by atoms with E-state index in [9.17, 15) is 5.11 Å². The Morgan fingerprint density at radius 2 is 2.25 bits per heavy atom. The summed E-state index contributed by atoms with van der Waals surface area (Å²) in [6.07, 6.45) is 2.85. The summed E-state index contributed by atoms with van der Waals surface area (Å²) >= 11 is 0. The molecule has 0 aromatic heterocycles. The van der Waals surface area contributed by atoms with Crippen LogP contribution in [0.3, 0.4) is 0 Å². The molecule has 12 heavy (non-hydrogen) atoms. The first-order valence-corrected chi connectivity index (χ1v) is 4.01. The molecule has 0 spiro atoms. The molecule has 0 saturated carbocycles. The Morgan fingerprint density at radius 1 is 1.42 bits per heavy atom. The lowest BCUT2D eigenvalue weighted by Gasteiger charge is -2.00. The highest BCUT2D eigenvalue weighted by atomic mass is 16.3. The Labute approximate surface area is 71.3 Å². The van der Waals surface area contributed by atoms with E-state index in [4.69, 9.17) is 5.73 Å². The summed E-state index contributed by atoms with van der Waals surface area (Å²) in [4.78, 5) is 0. The molecule has 0 atom stereocenters. The maximum absolute atomic E-state index is 9.47. The molecule has 2 rings (SSSR count). The molecule has 0 aliphatic heterocycles. The van der Waals surface area contributed by atoms with E-state index in [1.54, 1.807) is 6.07 Å². The molecule has 62 valence electrons. The Morgan fingerprint density at radius 3 is 2.92 bits per heavy atom. The molecule has 1 aromatic carbocycles. The van der Waals surface area contributed by atoms with Crippen LogP contribution in [0.5, 0.6) is 5.75 Å². The van der Waals surface area contributed by atoms with E-state index in [0.717, 1.165) is 17.5 Å². The van der Waals surface area contributed by atoms with Crippen LogP contribution in [0.4, 0.5) is 0 Å². The number of hydrogen-bond donors (Lipinski definition) is 2. The second kappa shape index (κ2) is 2.64. The largest absolute Gasteiger partial charge is 0.508 e. The van der Waals surface area contributed by atoms with Crippen LogP contribution in [0, 0.1) is 0 Å². The Kier molecular flexibility index (Phi) is 1.62. The van der Waals surface area contributed by atoms with Gasteiger partial charge >= 0.3 is 0 Å². The van der Waals surface area contributed by atoms with Gasteiger partial charge in [0.2, 0.25) is 0 Å². The van der Waals surface area contributed by atoms with Crippen molar-refractivity contribution in [2.75, 3.05) is 6.54 Å². The quantitative estimate of drug-likeness (QED) is 0.652. The van der Waals surface area contributed by atoms with Crippen molar-refractivity contribution in [3.63, 3.8) is 0 Å². The van der Waals surface area contributed by atoms with Crippen LogP contribution in [0.1, 0.15) is 11.1 Å². The number of aromatic hydroxyl groups is 1. The molecule has 1 aromatic rings. The summed E-state index contributed by atoms with van der Waals surface area (Å²) in [6.45, 7) is 0.578. The third kappa shape index (κ3) is 1.01. The first-order chi connectivity index (χ1) is 5.81. The minimum atomic E-state index is 0.382. The van der Waals surface area contributed by atoms with E-state index < -0.39 is 0 Å². The van der Waals surface area contributed by atoms with Crippen LogP contribution in [0.25, 0.3) is 6.08 Å². The molecule has 0 amide bonds. The summed E-state index contributed by atoms with van der Waals surface area (Å²) in [6, 6.07) is 5.56. The number of phenols is 1. The molecule has 0 radical (unpaired) electrons. The lowest BCUT2D eigenvalue weighted by molar-refractivity contribution is 0.469. The maximum atomic E-state index is 9.47. The van der Waals surface area contributed by atoms with Gasteiger partial charge in [0.1, 0.15) is 5.75 Å². The predicted octanol–water partition coefficient (Wildman–Crippen LogP) is 1.29. The second-order valence-corrected chi connectivity index (χ2v) is 3.03. The van der Waals surface area contributed by atoms with Crippen LogP contribution < -0.4 is 5.73 Å². The molecule has 2 heteroatoms. The van der Waals surface area contributed by atoms with Crippen LogP contribution in [-0.2, 0) is 6.42 Å². The van der Waals surface area contributed by atoms with Crippen LogP contribution in [0.15, 0.2) is 23.8 Å². The van der Waals surface area contributed by atoms with Crippen molar-refractivity contribution < 1.29 is 5.11 Å². The molecule has 0 fully saturated rings. The predicted molar refractivity (Wildman–Crippen MR) is 48.8 cm³/mol. The van der Waals surface area contributed by atoms with E-state index in [1.165, 1.54) is 5.57 Å². The minimum absolute atomic E-state index is 0.382. The van der Waals surface area contributed by atoms with Gasteiger partial charge in [-0.2, -0.15) is 0 Å². The summed E-state index contributed by atoms with van der Waals surface area (Å²) in [5, 5.41) is 9.47. The van der Waals surface area contributed by atoms with Gasteiger partial charge in [0, 0.05) is 12.1 Å². The van der Waals surface area contributed by atoms with E-state index in [0.29, 0.717) is 12.3 Å². The molecule has 0 saturated heterocycles. The van der Waals surface area contributed by atoms with Gasteiger partial charge in [-0.15, -0.1) is 0 Å². The highest BCUT2D eigenvalue weighted by molar-refractivity contribution is 5.67. The Bertz CT molecular complexity index is 342. The van der Waals surface area contributed by atoms with Crippen molar-refractivity contribution in [2.24, 2.45) is 5.73 Å². The third-order valence-electron chi connectivity index (χ3n) is 2.21. The van der Waals surface area contributed by atoms with Gasteiger partial charge in [-0.1, -0.05) is 23.8 Å². The van der Waals surface area contributed by atoms with Crippen molar-refractivity contribution in [3.05, 3.63) is 34.9 Å². The summed E-state index contributed by atoms with van der Waals surface area (Å²) in [5.41, 5.74) is 8.82. The molecule has 0 unspecified atom stereocenters. The zero-order valence-electron chi connectivity index (χ0n) is 6.75. The smallest absolute Gasteiger partial charge is 0.119 e. The normalized spacial score (nSPS) is 14.2. The van der Waals surface area contributed by atoms with E-state index in [2.05, 4.69) is 6.08 Å². The molecule has 0 bridgehead atoms. The van der Waals surface area contributed by atoms with Crippen molar-refractivity contribution in [1.29, 1.82) is 0 Å². The fourth-order valence-corrected chi connectivity index (χ4v) is 1.55. The summed E-state index contributed by atoms with van der Waals surface area (Å²) in [5.74, 6) is 0.382. The van der Waals surface area contributed by atoms with Gasteiger partial charge < -0.3 is 10.8 Å². The molecule has 1 aliphatic carbocycles. The number of hydrogen-bond acceptors (Lipinski definition) is 2. The van der Waals surface area contributed by atoms with Crippen molar-refractivity contribution in [3.8, 4) is 5.75 Å². The van der Waals surface area contributed by atoms with E-state index >= 15 is 0 Å². The first-order valence-electron chi connectivity index (χ1n) is 4.01. The van der Waals surface area contributed by atoms with E-state index in [1.807, 2.05) is 12.1 Å².